The standard InChI is InChI=1S/C16H26N2O/c1-3-10-18-11-8-15(9-12-18)17-13-14-4-6-16(19-2)7-5-14/h4-7,15,17H,3,8-13H2,1-2H3. The Labute approximate surface area is 116 Å². The molecule has 0 radical (unpaired) electrons. The van der Waals surface area contributed by atoms with Crippen LogP contribution in [0.15, 0.2) is 24.3 Å². The third kappa shape index (κ3) is 4.51. The summed E-state index contributed by atoms with van der Waals surface area (Å²) < 4.78 is 5.17. The van der Waals surface area contributed by atoms with Crippen molar-refractivity contribution in [2.24, 2.45) is 0 Å². The lowest BCUT2D eigenvalue weighted by molar-refractivity contribution is 0.197. The first-order chi connectivity index (χ1) is 9.31. The molecule has 2 rings (SSSR count). The topological polar surface area (TPSA) is 24.5 Å². The molecule has 0 spiro atoms. The van der Waals surface area contributed by atoms with E-state index in [0.717, 1.165) is 12.3 Å². The van der Waals surface area contributed by atoms with Gasteiger partial charge >= 0.3 is 0 Å². The number of likely N-dealkylation sites (tertiary alicyclic amines) is 1. The van der Waals surface area contributed by atoms with E-state index in [1.54, 1.807) is 7.11 Å². The summed E-state index contributed by atoms with van der Waals surface area (Å²) in [4.78, 5) is 2.57. The molecule has 1 aliphatic rings. The molecule has 1 fully saturated rings. The highest BCUT2D eigenvalue weighted by Gasteiger charge is 2.17. The highest BCUT2D eigenvalue weighted by Crippen LogP contribution is 2.13. The maximum atomic E-state index is 5.17. The van der Waals surface area contributed by atoms with E-state index in [1.807, 2.05) is 12.1 Å². The van der Waals surface area contributed by atoms with Crippen molar-refractivity contribution in [2.45, 2.75) is 38.8 Å². The van der Waals surface area contributed by atoms with E-state index >= 15 is 0 Å². The van der Waals surface area contributed by atoms with Crippen LogP contribution in [0.4, 0.5) is 0 Å². The molecule has 0 unspecified atom stereocenters. The molecule has 0 bridgehead atoms. The predicted molar refractivity (Wildman–Crippen MR) is 79.6 cm³/mol. The van der Waals surface area contributed by atoms with Gasteiger partial charge in [0, 0.05) is 12.6 Å². The molecule has 0 aromatic heterocycles. The zero-order valence-corrected chi connectivity index (χ0v) is 12.2. The minimum absolute atomic E-state index is 0.676. The van der Waals surface area contributed by atoms with Crippen molar-refractivity contribution in [2.75, 3.05) is 26.7 Å². The lowest BCUT2D eigenvalue weighted by atomic mass is 10.0. The summed E-state index contributed by atoms with van der Waals surface area (Å²) in [6.45, 7) is 6.96. The van der Waals surface area contributed by atoms with Crippen molar-refractivity contribution in [1.29, 1.82) is 0 Å². The Hall–Kier alpha value is -1.06. The Kier molecular flexibility index (Phi) is 5.67. The van der Waals surface area contributed by atoms with Crippen molar-refractivity contribution >= 4 is 0 Å². The Bertz CT molecular complexity index is 356. The van der Waals surface area contributed by atoms with Crippen LogP contribution >= 0.6 is 0 Å². The molecule has 0 aliphatic carbocycles. The number of rotatable bonds is 6. The van der Waals surface area contributed by atoms with Gasteiger partial charge in [0.15, 0.2) is 0 Å². The third-order valence-electron chi connectivity index (χ3n) is 3.88. The number of methoxy groups -OCH3 is 1. The van der Waals surface area contributed by atoms with Crippen LogP contribution in [0.1, 0.15) is 31.7 Å². The smallest absolute Gasteiger partial charge is 0.118 e. The molecule has 1 aromatic rings. The summed E-state index contributed by atoms with van der Waals surface area (Å²) in [5.41, 5.74) is 1.33. The van der Waals surface area contributed by atoms with Gasteiger partial charge in [0.25, 0.3) is 0 Å². The van der Waals surface area contributed by atoms with Crippen molar-refractivity contribution in [3.05, 3.63) is 29.8 Å². The molecule has 1 saturated heterocycles. The first-order valence-corrected chi connectivity index (χ1v) is 7.40. The molecule has 1 heterocycles. The Balaban J connectivity index is 1.71. The number of nitrogens with zero attached hydrogens (tertiary/aromatic N) is 1. The Morgan fingerprint density at radius 2 is 1.89 bits per heavy atom. The van der Waals surface area contributed by atoms with Crippen LogP contribution in [0, 0.1) is 0 Å². The van der Waals surface area contributed by atoms with Crippen LogP contribution in [0.25, 0.3) is 0 Å². The predicted octanol–water partition coefficient (Wildman–Crippen LogP) is 2.66. The fraction of sp³-hybridized carbons (Fsp3) is 0.625. The third-order valence-corrected chi connectivity index (χ3v) is 3.88. The van der Waals surface area contributed by atoms with E-state index in [-0.39, 0.29) is 0 Å². The maximum Gasteiger partial charge on any atom is 0.118 e. The van der Waals surface area contributed by atoms with E-state index in [1.165, 1.54) is 44.5 Å². The average molecular weight is 262 g/mol. The van der Waals surface area contributed by atoms with Gasteiger partial charge in [-0.1, -0.05) is 19.1 Å². The molecule has 0 saturated carbocycles. The molecule has 106 valence electrons. The van der Waals surface area contributed by atoms with Gasteiger partial charge in [0.2, 0.25) is 0 Å². The zero-order valence-electron chi connectivity index (χ0n) is 12.2. The SMILES string of the molecule is CCCN1CCC(NCc2ccc(OC)cc2)CC1. The molecule has 0 amide bonds. The van der Waals surface area contributed by atoms with Gasteiger partial charge < -0.3 is 15.0 Å². The molecule has 3 heteroatoms. The van der Waals surface area contributed by atoms with Crippen LogP contribution in [0.5, 0.6) is 5.75 Å². The zero-order chi connectivity index (χ0) is 13.5. The average Bonchev–Trinajstić information content (AvgIpc) is 2.47. The summed E-state index contributed by atoms with van der Waals surface area (Å²) in [7, 11) is 1.71. The van der Waals surface area contributed by atoms with Crippen LogP contribution in [-0.2, 0) is 6.54 Å². The summed E-state index contributed by atoms with van der Waals surface area (Å²) in [5, 5.41) is 3.67. The number of piperidine rings is 1. The number of nitrogens with one attached hydrogen (secondary N) is 1. The van der Waals surface area contributed by atoms with Gasteiger partial charge in [-0.15, -0.1) is 0 Å². The molecule has 19 heavy (non-hydrogen) atoms. The quantitative estimate of drug-likeness (QED) is 0.853. The Morgan fingerprint density at radius 1 is 1.21 bits per heavy atom. The maximum absolute atomic E-state index is 5.17. The van der Waals surface area contributed by atoms with Crippen LogP contribution in [0.2, 0.25) is 0 Å². The van der Waals surface area contributed by atoms with E-state index in [0.29, 0.717) is 6.04 Å². The lowest BCUT2D eigenvalue weighted by Crippen LogP contribution is -2.42. The van der Waals surface area contributed by atoms with Gasteiger partial charge in [-0.05, 0) is 56.6 Å². The molecule has 1 N–H and O–H groups in total. The number of benzene rings is 1. The minimum atomic E-state index is 0.676. The first-order valence-electron chi connectivity index (χ1n) is 7.40. The summed E-state index contributed by atoms with van der Waals surface area (Å²) >= 11 is 0. The second kappa shape index (κ2) is 7.51. The molecule has 1 aromatic carbocycles. The molecular formula is C16H26N2O. The molecule has 3 nitrogen and oxygen atoms in total. The van der Waals surface area contributed by atoms with Gasteiger partial charge in [-0.25, -0.2) is 0 Å². The second-order valence-corrected chi connectivity index (χ2v) is 5.34. The van der Waals surface area contributed by atoms with E-state index < -0.39 is 0 Å². The number of hydrogen-bond acceptors (Lipinski definition) is 3. The Morgan fingerprint density at radius 3 is 2.47 bits per heavy atom. The van der Waals surface area contributed by atoms with E-state index in [9.17, 15) is 0 Å². The first kappa shape index (κ1) is 14.4. The lowest BCUT2D eigenvalue weighted by Gasteiger charge is -2.32. The van der Waals surface area contributed by atoms with Gasteiger partial charge in [0.1, 0.15) is 5.75 Å². The van der Waals surface area contributed by atoms with Crippen molar-refractivity contribution in [3.8, 4) is 5.75 Å². The summed E-state index contributed by atoms with van der Waals surface area (Å²) in [6, 6.07) is 9.01. The normalized spacial score (nSPS) is 17.6. The van der Waals surface area contributed by atoms with Crippen molar-refractivity contribution in [1.82, 2.24) is 10.2 Å². The van der Waals surface area contributed by atoms with Crippen LogP contribution in [-0.4, -0.2) is 37.7 Å². The fourth-order valence-electron chi connectivity index (χ4n) is 2.68. The van der Waals surface area contributed by atoms with Crippen molar-refractivity contribution < 1.29 is 4.74 Å². The van der Waals surface area contributed by atoms with Crippen LogP contribution in [0.3, 0.4) is 0 Å². The number of hydrogen-bond donors (Lipinski definition) is 1. The second-order valence-electron chi connectivity index (χ2n) is 5.34. The van der Waals surface area contributed by atoms with Gasteiger partial charge in [-0.3, -0.25) is 0 Å². The van der Waals surface area contributed by atoms with E-state index in [2.05, 4.69) is 29.3 Å². The molecule has 0 atom stereocenters. The van der Waals surface area contributed by atoms with Crippen molar-refractivity contribution in [3.63, 3.8) is 0 Å². The highest BCUT2D eigenvalue weighted by molar-refractivity contribution is 5.27. The monoisotopic (exact) mass is 262 g/mol. The summed E-state index contributed by atoms with van der Waals surface area (Å²) in [5.74, 6) is 0.927. The van der Waals surface area contributed by atoms with E-state index in [4.69, 9.17) is 4.74 Å². The summed E-state index contributed by atoms with van der Waals surface area (Å²) in [6.07, 6.45) is 3.82. The fourth-order valence-corrected chi connectivity index (χ4v) is 2.68. The molecule has 1 aliphatic heterocycles. The highest BCUT2D eigenvalue weighted by atomic mass is 16.5. The van der Waals surface area contributed by atoms with Gasteiger partial charge in [-0.2, -0.15) is 0 Å². The number of ether oxygens (including phenoxy) is 1. The largest absolute Gasteiger partial charge is 0.497 e. The van der Waals surface area contributed by atoms with Crippen LogP contribution < -0.4 is 10.1 Å². The van der Waals surface area contributed by atoms with Gasteiger partial charge in [0.05, 0.1) is 7.11 Å². The molecular weight excluding hydrogens is 236 g/mol. The minimum Gasteiger partial charge on any atom is -0.497 e.